The molecule has 0 radical (unpaired) electrons. The molecule has 2 aliphatic rings. The molecule has 3 atom stereocenters. The van der Waals surface area contributed by atoms with E-state index in [1.54, 1.807) is 0 Å². The zero-order valence-corrected chi connectivity index (χ0v) is 12.9. The minimum absolute atomic E-state index is 0.0112. The molecular formula is C15H19N3O2S. The Bertz CT molecular complexity index is 598. The molecule has 0 amide bonds. The van der Waals surface area contributed by atoms with Crippen LogP contribution in [0.3, 0.4) is 0 Å². The van der Waals surface area contributed by atoms with Gasteiger partial charge in [-0.1, -0.05) is 11.2 Å². The molecule has 0 aliphatic carbocycles. The quantitative estimate of drug-likeness (QED) is 0.873. The number of aryl methyl sites for hydroxylation is 1. The monoisotopic (exact) mass is 305 g/mol. The first-order chi connectivity index (χ1) is 10.3. The van der Waals surface area contributed by atoms with Gasteiger partial charge in [0.25, 0.3) is 5.89 Å². The molecule has 2 aromatic rings. The Labute approximate surface area is 127 Å². The molecule has 5 nitrogen and oxygen atoms in total. The van der Waals surface area contributed by atoms with Crippen LogP contribution in [-0.2, 0) is 11.3 Å². The Morgan fingerprint density at radius 1 is 1.48 bits per heavy atom. The van der Waals surface area contributed by atoms with Crippen molar-refractivity contribution in [1.29, 1.82) is 0 Å². The second-order valence-corrected chi connectivity index (χ2v) is 6.97. The van der Waals surface area contributed by atoms with E-state index in [2.05, 4.69) is 32.6 Å². The van der Waals surface area contributed by atoms with Gasteiger partial charge in [0.05, 0.1) is 6.10 Å². The lowest BCUT2D eigenvalue weighted by molar-refractivity contribution is -0.0187. The van der Waals surface area contributed by atoms with Crippen LogP contribution in [0.2, 0.25) is 0 Å². The molecule has 4 rings (SSSR count). The van der Waals surface area contributed by atoms with Crippen LogP contribution < -0.4 is 0 Å². The van der Waals surface area contributed by atoms with Crippen LogP contribution >= 0.6 is 11.3 Å². The summed E-state index contributed by atoms with van der Waals surface area (Å²) in [4.78, 5) is 8.24. The summed E-state index contributed by atoms with van der Waals surface area (Å²) in [5.74, 6) is 1.95. The van der Waals surface area contributed by atoms with Crippen LogP contribution in [-0.4, -0.2) is 34.2 Å². The largest absolute Gasteiger partial charge is 0.364 e. The van der Waals surface area contributed by atoms with Gasteiger partial charge < -0.3 is 9.26 Å². The first-order valence-corrected chi connectivity index (χ1v) is 8.36. The summed E-state index contributed by atoms with van der Waals surface area (Å²) in [6, 6.07) is 4.32. The average Bonchev–Trinajstić information content (AvgIpc) is 3.18. The van der Waals surface area contributed by atoms with Crippen molar-refractivity contribution in [2.75, 3.05) is 13.1 Å². The molecular weight excluding hydrogens is 286 g/mol. The Balaban J connectivity index is 1.40. The SMILES string of the molecule is Cc1noc([C@H]2C[C@@H]3CCN(Cc4cccs4)C[C@H]3O2)n1. The number of likely N-dealkylation sites (tertiary alicyclic amines) is 1. The lowest BCUT2D eigenvalue weighted by Crippen LogP contribution is -2.41. The maximum absolute atomic E-state index is 6.18. The number of aromatic nitrogens is 2. The molecule has 21 heavy (non-hydrogen) atoms. The van der Waals surface area contributed by atoms with Gasteiger partial charge in [-0.2, -0.15) is 4.98 Å². The van der Waals surface area contributed by atoms with Crippen LogP contribution in [0.4, 0.5) is 0 Å². The molecule has 0 aromatic carbocycles. The predicted octanol–water partition coefficient (Wildman–Crippen LogP) is 2.79. The smallest absolute Gasteiger partial charge is 0.255 e. The minimum Gasteiger partial charge on any atom is -0.364 e. The van der Waals surface area contributed by atoms with Crippen molar-refractivity contribution in [3.63, 3.8) is 0 Å². The Hall–Kier alpha value is -1.24. The minimum atomic E-state index is -0.0112. The van der Waals surface area contributed by atoms with Crippen molar-refractivity contribution < 1.29 is 9.26 Å². The van der Waals surface area contributed by atoms with Gasteiger partial charge in [-0.05, 0) is 43.7 Å². The van der Waals surface area contributed by atoms with Crippen molar-refractivity contribution in [2.24, 2.45) is 5.92 Å². The Morgan fingerprint density at radius 2 is 2.43 bits per heavy atom. The summed E-state index contributed by atoms with van der Waals surface area (Å²) in [5.41, 5.74) is 0. The third-order valence-corrected chi connectivity index (χ3v) is 5.28. The van der Waals surface area contributed by atoms with Crippen LogP contribution in [0.25, 0.3) is 0 Å². The number of ether oxygens (including phenoxy) is 1. The van der Waals surface area contributed by atoms with Crippen molar-refractivity contribution in [3.05, 3.63) is 34.1 Å². The summed E-state index contributed by atoms with van der Waals surface area (Å²) < 4.78 is 11.4. The standard InChI is InChI=1S/C15H19N3O2S/c1-10-16-15(20-17-10)13-7-11-4-5-18(9-14(11)19-13)8-12-3-2-6-21-12/h2-3,6,11,13-14H,4-5,7-9H2,1H3/t11-,13+,14+/m0/s1. The van der Waals surface area contributed by atoms with E-state index in [1.807, 2.05) is 18.3 Å². The molecule has 4 heterocycles. The first kappa shape index (κ1) is 13.4. The zero-order valence-electron chi connectivity index (χ0n) is 12.1. The molecule has 0 spiro atoms. The fourth-order valence-corrected chi connectivity index (χ4v) is 4.11. The number of nitrogens with zero attached hydrogens (tertiary/aromatic N) is 3. The van der Waals surface area contributed by atoms with Crippen molar-refractivity contribution >= 4 is 11.3 Å². The molecule has 112 valence electrons. The summed E-state index contributed by atoms with van der Waals surface area (Å²) in [5, 5.41) is 6.01. The van der Waals surface area contributed by atoms with Crippen LogP contribution in [0.1, 0.15) is 35.5 Å². The summed E-state index contributed by atoms with van der Waals surface area (Å²) in [6.45, 7) is 5.04. The van der Waals surface area contributed by atoms with Crippen molar-refractivity contribution in [1.82, 2.24) is 15.0 Å². The van der Waals surface area contributed by atoms with E-state index < -0.39 is 0 Å². The fraction of sp³-hybridized carbons (Fsp3) is 0.600. The molecule has 0 N–H and O–H groups in total. The lowest BCUT2D eigenvalue weighted by atomic mass is 9.92. The van der Waals surface area contributed by atoms with Crippen LogP contribution in [0.15, 0.2) is 22.0 Å². The molecule has 0 bridgehead atoms. The topological polar surface area (TPSA) is 51.4 Å². The van der Waals surface area contributed by atoms with Gasteiger partial charge in [-0.3, -0.25) is 4.90 Å². The summed E-state index contributed by atoms with van der Waals surface area (Å²) in [6.07, 6.45) is 2.50. The van der Waals surface area contributed by atoms with E-state index in [1.165, 1.54) is 11.3 Å². The highest BCUT2D eigenvalue weighted by Gasteiger charge is 2.41. The number of rotatable bonds is 3. The van der Waals surface area contributed by atoms with E-state index in [9.17, 15) is 0 Å². The number of piperidine rings is 1. The van der Waals surface area contributed by atoms with Crippen molar-refractivity contribution in [3.8, 4) is 0 Å². The summed E-state index contributed by atoms with van der Waals surface area (Å²) in [7, 11) is 0. The van der Waals surface area contributed by atoms with Gasteiger partial charge in [0.1, 0.15) is 6.10 Å². The third-order valence-electron chi connectivity index (χ3n) is 4.41. The predicted molar refractivity (Wildman–Crippen MR) is 79.0 cm³/mol. The van der Waals surface area contributed by atoms with E-state index in [4.69, 9.17) is 9.26 Å². The van der Waals surface area contributed by atoms with Gasteiger partial charge in [0, 0.05) is 18.0 Å². The Kier molecular flexibility index (Phi) is 3.52. The van der Waals surface area contributed by atoms with Crippen LogP contribution in [0.5, 0.6) is 0 Å². The van der Waals surface area contributed by atoms with E-state index in [-0.39, 0.29) is 6.10 Å². The lowest BCUT2D eigenvalue weighted by Gasteiger charge is -2.33. The first-order valence-electron chi connectivity index (χ1n) is 7.48. The number of hydrogen-bond donors (Lipinski definition) is 0. The van der Waals surface area contributed by atoms with E-state index >= 15 is 0 Å². The molecule has 2 aromatic heterocycles. The van der Waals surface area contributed by atoms with Gasteiger partial charge >= 0.3 is 0 Å². The normalized spacial score (nSPS) is 29.7. The van der Waals surface area contributed by atoms with Crippen molar-refractivity contribution in [2.45, 2.75) is 38.5 Å². The Morgan fingerprint density at radius 3 is 3.19 bits per heavy atom. The summed E-state index contributed by atoms with van der Waals surface area (Å²) >= 11 is 1.83. The fourth-order valence-electron chi connectivity index (χ4n) is 3.36. The zero-order chi connectivity index (χ0) is 14.2. The highest BCUT2D eigenvalue weighted by molar-refractivity contribution is 7.09. The number of hydrogen-bond acceptors (Lipinski definition) is 6. The highest BCUT2D eigenvalue weighted by Crippen LogP contribution is 2.40. The van der Waals surface area contributed by atoms with E-state index in [0.717, 1.165) is 26.1 Å². The molecule has 6 heteroatoms. The second kappa shape index (κ2) is 5.51. The van der Waals surface area contributed by atoms with Gasteiger partial charge in [0.2, 0.25) is 0 Å². The van der Waals surface area contributed by atoms with Gasteiger partial charge in [-0.15, -0.1) is 11.3 Å². The van der Waals surface area contributed by atoms with E-state index in [0.29, 0.717) is 23.7 Å². The molecule has 2 aliphatic heterocycles. The van der Waals surface area contributed by atoms with Gasteiger partial charge in [0.15, 0.2) is 5.82 Å². The maximum atomic E-state index is 6.18. The average molecular weight is 305 g/mol. The second-order valence-electron chi connectivity index (χ2n) is 5.94. The maximum Gasteiger partial charge on any atom is 0.255 e. The molecule has 2 saturated heterocycles. The number of fused-ring (bicyclic) bond motifs is 1. The third kappa shape index (κ3) is 2.75. The highest BCUT2D eigenvalue weighted by atomic mass is 32.1. The molecule has 0 saturated carbocycles. The molecule has 0 unspecified atom stereocenters. The number of thiophene rings is 1. The molecule has 2 fully saturated rings. The van der Waals surface area contributed by atoms with Gasteiger partial charge in [-0.25, -0.2) is 0 Å². The van der Waals surface area contributed by atoms with Crippen LogP contribution in [0, 0.1) is 12.8 Å².